The summed E-state index contributed by atoms with van der Waals surface area (Å²) in [5, 5.41) is 8.14. The highest BCUT2D eigenvalue weighted by Crippen LogP contribution is 2.28. The second-order valence-corrected chi connectivity index (χ2v) is 8.00. The van der Waals surface area contributed by atoms with Crippen LogP contribution in [0, 0.1) is 0 Å². The zero-order chi connectivity index (χ0) is 27.1. The standard InChI is InChI=1S/C27H24F3N3O5/c1-3-36-26(34)25-24(33(32-31-25)16-18-4-10-21(35-2)11-5-18)17-37-22-12-6-19(7-13-22)20-8-14-23(15-9-20)38-27(28,29)30/h4-15H,3,16-17H2,1-2H3. The van der Waals surface area contributed by atoms with Gasteiger partial charge in [-0.25, -0.2) is 9.48 Å². The first-order valence-corrected chi connectivity index (χ1v) is 11.6. The van der Waals surface area contributed by atoms with Gasteiger partial charge in [-0.1, -0.05) is 41.6 Å². The molecule has 1 heterocycles. The molecule has 38 heavy (non-hydrogen) atoms. The first-order valence-electron chi connectivity index (χ1n) is 11.6. The number of ether oxygens (including phenoxy) is 4. The van der Waals surface area contributed by atoms with E-state index in [-0.39, 0.29) is 24.7 Å². The van der Waals surface area contributed by atoms with Crippen molar-refractivity contribution < 1.29 is 36.9 Å². The van der Waals surface area contributed by atoms with E-state index in [1.165, 1.54) is 24.3 Å². The molecule has 4 rings (SSSR count). The molecule has 0 aliphatic carbocycles. The molecule has 8 nitrogen and oxygen atoms in total. The monoisotopic (exact) mass is 527 g/mol. The van der Waals surface area contributed by atoms with Gasteiger partial charge in [-0.15, -0.1) is 18.3 Å². The Morgan fingerprint density at radius 2 is 1.45 bits per heavy atom. The Bertz CT molecular complexity index is 1350. The van der Waals surface area contributed by atoms with Crippen molar-refractivity contribution in [2.75, 3.05) is 13.7 Å². The predicted molar refractivity (Wildman–Crippen MR) is 131 cm³/mol. The van der Waals surface area contributed by atoms with Crippen LogP contribution >= 0.6 is 0 Å². The molecule has 198 valence electrons. The highest BCUT2D eigenvalue weighted by molar-refractivity contribution is 5.88. The fraction of sp³-hybridized carbons (Fsp3) is 0.222. The Morgan fingerprint density at radius 3 is 2.00 bits per heavy atom. The first-order chi connectivity index (χ1) is 18.3. The second-order valence-electron chi connectivity index (χ2n) is 8.00. The van der Waals surface area contributed by atoms with Gasteiger partial charge < -0.3 is 18.9 Å². The number of methoxy groups -OCH3 is 1. The van der Waals surface area contributed by atoms with E-state index in [0.29, 0.717) is 23.6 Å². The summed E-state index contributed by atoms with van der Waals surface area (Å²) in [6.07, 6.45) is -4.74. The van der Waals surface area contributed by atoms with Gasteiger partial charge in [0.1, 0.15) is 29.5 Å². The summed E-state index contributed by atoms with van der Waals surface area (Å²) in [4.78, 5) is 12.4. The molecule has 0 aliphatic rings. The fourth-order valence-corrected chi connectivity index (χ4v) is 3.61. The molecule has 1 aromatic heterocycles. The highest BCUT2D eigenvalue weighted by Gasteiger charge is 2.31. The summed E-state index contributed by atoms with van der Waals surface area (Å²) >= 11 is 0. The average Bonchev–Trinajstić information content (AvgIpc) is 3.30. The molecule has 0 amide bonds. The summed E-state index contributed by atoms with van der Waals surface area (Å²) in [7, 11) is 1.59. The molecular formula is C27H24F3N3O5. The summed E-state index contributed by atoms with van der Waals surface area (Å²) in [5.74, 6) is 0.341. The van der Waals surface area contributed by atoms with Crippen LogP contribution in [-0.4, -0.2) is 41.0 Å². The maximum Gasteiger partial charge on any atom is 0.573 e. The largest absolute Gasteiger partial charge is 0.573 e. The van der Waals surface area contributed by atoms with Crippen LogP contribution in [0.5, 0.6) is 17.2 Å². The van der Waals surface area contributed by atoms with Crippen LogP contribution in [0.4, 0.5) is 13.2 Å². The summed E-state index contributed by atoms with van der Waals surface area (Å²) < 4.78 is 58.8. The number of benzene rings is 3. The predicted octanol–water partition coefficient (Wildman–Crippen LogP) is 5.66. The highest BCUT2D eigenvalue weighted by atomic mass is 19.4. The maximum absolute atomic E-state index is 12.4. The fourth-order valence-electron chi connectivity index (χ4n) is 3.61. The van der Waals surface area contributed by atoms with Crippen molar-refractivity contribution in [2.45, 2.75) is 26.4 Å². The number of halogens is 3. The molecule has 0 spiro atoms. The third-order valence-electron chi connectivity index (χ3n) is 5.45. The Hall–Kier alpha value is -4.54. The van der Waals surface area contributed by atoms with Gasteiger partial charge in [0, 0.05) is 0 Å². The van der Waals surface area contributed by atoms with E-state index < -0.39 is 12.3 Å². The van der Waals surface area contributed by atoms with E-state index in [0.717, 1.165) is 16.9 Å². The van der Waals surface area contributed by atoms with Crippen molar-refractivity contribution in [1.82, 2.24) is 15.0 Å². The number of carbonyl (C=O) groups excluding carboxylic acids is 1. The van der Waals surface area contributed by atoms with Crippen LogP contribution in [0.25, 0.3) is 11.1 Å². The van der Waals surface area contributed by atoms with Gasteiger partial charge in [-0.3, -0.25) is 0 Å². The quantitative estimate of drug-likeness (QED) is 0.246. The molecule has 0 N–H and O–H groups in total. The van der Waals surface area contributed by atoms with Gasteiger partial charge in [0.25, 0.3) is 0 Å². The molecule has 0 fully saturated rings. The number of hydrogen-bond donors (Lipinski definition) is 0. The number of esters is 1. The van der Waals surface area contributed by atoms with Crippen molar-refractivity contribution in [3.63, 3.8) is 0 Å². The van der Waals surface area contributed by atoms with Crippen LogP contribution in [0.1, 0.15) is 28.7 Å². The molecule has 0 saturated heterocycles. The van der Waals surface area contributed by atoms with Crippen molar-refractivity contribution >= 4 is 5.97 Å². The molecule has 0 unspecified atom stereocenters. The lowest BCUT2D eigenvalue weighted by molar-refractivity contribution is -0.274. The molecule has 0 saturated carbocycles. The zero-order valence-corrected chi connectivity index (χ0v) is 20.6. The molecule has 0 aliphatic heterocycles. The van der Waals surface area contributed by atoms with Crippen LogP contribution in [0.2, 0.25) is 0 Å². The van der Waals surface area contributed by atoms with Crippen molar-refractivity contribution in [3.8, 4) is 28.4 Å². The molecule has 11 heteroatoms. The van der Waals surface area contributed by atoms with Crippen molar-refractivity contribution in [3.05, 3.63) is 89.7 Å². The average molecular weight is 527 g/mol. The van der Waals surface area contributed by atoms with Crippen LogP contribution in [0.3, 0.4) is 0 Å². The van der Waals surface area contributed by atoms with Gasteiger partial charge in [0.15, 0.2) is 5.69 Å². The minimum absolute atomic E-state index is 0.000126. The topological polar surface area (TPSA) is 84.7 Å². The summed E-state index contributed by atoms with van der Waals surface area (Å²) in [6.45, 7) is 2.24. The number of nitrogens with zero attached hydrogens (tertiary/aromatic N) is 3. The summed E-state index contributed by atoms with van der Waals surface area (Å²) in [5.41, 5.74) is 2.91. The van der Waals surface area contributed by atoms with Crippen LogP contribution < -0.4 is 14.2 Å². The second kappa shape index (κ2) is 11.7. The van der Waals surface area contributed by atoms with E-state index in [9.17, 15) is 18.0 Å². The lowest BCUT2D eigenvalue weighted by Crippen LogP contribution is -2.16. The molecule has 3 aromatic carbocycles. The molecule has 4 aromatic rings. The molecule has 0 bridgehead atoms. The maximum atomic E-state index is 12.4. The third kappa shape index (κ3) is 6.81. The molecule has 0 atom stereocenters. The van der Waals surface area contributed by atoms with Crippen molar-refractivity contribution in [2.24, 2.45) is 0 Å². The van der Waals surface area contributed by atoms with Gasteiger partial charge in [-0.2, -0.15) is 0 Å². The number of rotatable bonds is 10. The van der Waals surface area contributed by atoms with Crippen molar-refractivity contribution in [1.29, 1.82) is 0 Å². The normalized spacial score (nSPS) is 11.2. The Labute approximate surface area is 216 Å². The van der Waals surface area contributed by atoms with Gasteiger partial charge in [0.2, 0.25) is 0 Å². The SMILES string of the molecule is CCOC(=O)c1nnn(Cc2ccc(OC)cc2)c1COc1ccc(-c2ccc(OC(F)(F)F)cc2)cc1. The lowest BCUT2D eigenvalue weighted by Gasteiger charge is -2.11. The smallest absolute Gasteiger partial charge is 0.497 e. The van der Waals surface area contributed by atoms with E-state index in [4.69, 9.17) is 14.2 Å². The Morgan fingerprint density at radius 1 is 0.868 bits per heavy atom. The lowest BCUT2D eigenvalue weighted by atomic mass is 10.1. The van der Waals surface area contributed by atoms with E-state index in [2.05, 4.69) is 15.0 Å². The van der Waals surface area contributed by atoms with E-state index >= 15 is 0 Å². The van der Waals surface area contributed by atoms with Crippen LogP contribution in [-0.2, 0) is 17.9 Å². The summed E-state index contributed by atoms with van der Waals surface area (Å²) in [6, 6.07) is 20.0. The Balaban J connectivity index is 1.48. The molecular weight excluding hydrogens is 503 g/mol. The minimum Gasteiger partial charge on any atom is -0.497 e. The van der Waals surface area contributed by atoms with Gasteiger partial charge in [-0.05, 0) is 60.0 Å². The van der Waals surface area contributed by atoms with E-state index in [1.807, 2.05) is 24.3 Å². The first kappa shape index (κ1) is 26.5. The van der Waals surface area contributed by atoms with E-state index in [1.54, 1.807) is 43.0 Å². The van der Waals surface area contributed by atoms with Crippen LogP contribution in [0.15, 0.2) is 72.8 Å². The number of hydrogen-bond acceptors (Lipinski definition) is 7. The van der Waals surface area contributed by atoms with Gasteiger partial charge in [0.05, 0.1) is 20.3 Å². The third-order valence-corrected chi connectivity index (χ3v) is 5.45. The molecule has 0 radical (unpaired) electrons. The van der Waals surface area contributed by atoms with Gasteiger partial charge >= 0.3 is 12.3 Å². The minimum atomic E-state index is -4.74. The Kier molecular flexibility index (Phi) is 8.15. The number of alkyl halides is 3. The number of aromatic nitrogens is 3. The zero-order valence-electron chi connectivity index (χ0n) is 20.6. The number of carbonyl (C=O) groups is 1.